The number of benzene rings is 2. The van der Waals surface area contributed by atoms with E-state index >= 15 is 0 Å². The number of rotatable bonds is 5. The average Bonchev–Trinajstić information content (AvgIpc) is 2.47. The quantitative estimate of drug-likeness (QED) is 0.676. The molecule has 21 heavy (non-hydrogen) atoms. The topological polar surface area (TPSA) is 46.3 Å². The van der Waals surface area contributed by atoms with Gasteiger partial charge in [-0.05, 0) is 43.7 Å². The number of hydrogen-bond acceptors (Lipinski definition) is 3. The van der Waals surface area contributed by atoms with E-state index in [1.54, 1.807) is 4.90 Å². The fraction of sp³-hybridized carbons (Fsp3) is 0.235. The van der Waals surface area contributed by atoms with Crippen LogP contribution in [0.5, 0.6) is 0 Å². The standard InChI is InChI=1S/C17H20N2OS/c1-3-19(14-8-6-7-13(2)11-14)17(20)12-21-16-10-5-4-9-15(16)18/h4-11H,3,12,18H2,1-2H3. The van der Waals surface area contributed by atoms with Gasteiger partial charge in [0.1, 0.15) is 0 Å². The third-order valence-corrected chi connectivity index (χ3v) is 4.27. The second-order valence-electron chi connectivity index (χ2n) is 4.80. The van der Waals surface area contributed by atoms with E-state index in [1.165, 1.54) is 11.8 Å². The van der Waals surface area contributed by atoms with E-state index in [0.717, 1.165) is 16.1 Å². The number of nitrogens with zero attached hydrogens (tertiary/aromatic N) is 1. The monoisotopic (exact) mass is 300 g/mol. The van der Waals surface area contributed by atoms with Crippen LogP contribution in [0.4, 0.5) is 11.4 Å². The molecule has 0 bridgehead atoms. The van der Waals surface area contributed by atoms with Crippen molar-refractivity contribution in [2.45, 2.75) is 18.7 Å². The van der Waals surface area contributed by atoms with E-state index in [9.17, 15) is 4.79 Å². The molecule has 0 aromatic heterocycles. The summed E-state index contributed by atoms with van der Waals surface area (Å²) >= 11 is 1.48. The summed E-state index contributed by atoms with van der Waals surface area (Å²) in [5.74, 6) is 0.479. The van der Waals surface area contributed by atoms with Gasteiger partial charge >= 0.3 is 0 Å². The highest BCUT2D eigenvalue weighted by Gasteiger charge is 2.14. The third kappa shape index (κ3) is 4.02. The van der Waals surface area contributed by atoms with Crippen LogP contribution in [0.15, 0.2) is 53.4 Å². The number of para-hydroxylation sites is 1. The first kappa shape index (κ1) is 15.4. The van der Waals surface area contributed by atoms with Gasteiger partial charge in [-0.3, -0.25) is 4.79 Å². The fourth-order valence-electron chi connectivity index (χ4n) is 2.13. The molecule has 4 heteroatoms. The number of anilines is 2. The molecule has 0 saturated heterocycles. The molecule has 0 unspecified atom stereocenters. The number of thioether (sulfide) groups is 1. The predicted molar refractivity (Wildman–Crippen MR) is 90.8 cm³/mol. The summed E-state index contributed by atoms with van der Waals surface area (Å²) < 4.78 is 0. The molecule has 0 fully saturated rings. The molecular formula is C17H20N2OS. The second-order valence-corrected chi connectivity index (χ2v) is 5.82. The Morgan fingerprint density at radius 1 is 1.19 bits per heavy atom. The average molecular weight is 300 g/mol. The van der Waals surface area contributed by atoms with Crippen LogP contribution >= 0.6 is 11.8 Å². The molecule has 3 nitrogen and oxygen atoms in total. The Balaban J connectivity index is 2.06. The van der Waals surface area contributed by atoms with E-state index in [1.807, 2.05) is 62.4 Å². The Morgan fingerprint density at radius 2 is 1.95 bits per heavy atom. The minimum absolute atomic E-state index is 0.0938. The maximum atomic E-state index is 12.4. The highest BCUT2D eigenvalue weighted by atomic mass is 32.2. The van der Waals surface area contributed by atoms with E-state index < -0.39 is 0 Å². The molecule has 110 valence electrons. The molecule has 2 aromatic carbocycles. The maximum absolute atomic E-state index is 12.4. The molecule has 2 rings (SSSR count). The lowest BCUT2D eigenvalue weighted by atomic mass is 10.2. The van der Waals surface area contributed by atoms with Crippen molar-refractivity contribution >= 4 is 29.0 Å². The van der Waals surface area contributed by atoms with Gasteiger partial charge in [-0.1, -0.05) is 24.3 Å². The van der Waals surface area contributed by atoms with E-state index in [4.69, 9.17) is 5.73 Å². The van der Waals surface area contributed by atoms with Gasteiger partial charge in [-0.15, -0.1) is 11.8 Å². The molecule has 0 atom stereocenters. The smallest absolute Gasteiger partial charge is 0.237 e. The van der Waals surface area contributed by atoms with Crippen LogP contribution in [0, 0.1) is 6.92 Å². The zero-order valence-corrected chi connectivity index (χ0v) is 13.2. The lowest BCUT2D eigenvalue weighted by Crippen LogP contribution is -2.32. The molecule has 0 spiro atoms. The molecule has 2 aromatic rings. The molecular weight excluding hydrogens is 280 g/mol. The first-order chi connectivity index (χ1) is 10.1. The zero-order chi connectivity index (χ0) is 15.2. The molecule has 0 aliphatic heterocycles. The number of carbonyl (C=O) groups excluding carboxylic acids is 1. The summed E-state index contributed by atoms with van der Waals surface area (Å²) in [5, 5.41) is 0. The van der Waals surface area contributed by atoms with Crippen molar-refractivity contribution in [2.75, 3.05) is 22.9 Å². The van der Waals surface area contributed by atoms with Gasteiger partial charge in [-0.25, -0.2) is 0 Å². The van der Waals surface area contributed by atoms with Crippen LogP contribution in [-0.2, 0) is 4.79 Å². The van der Waals surface area contributed by atoms with Gasteiger partial charge in [0.15, 0.2) is 0 Å². The summed E-state index contributed by atoms with van der Waals surface area (Å²) in [5.41, 5.74) is 8.72. The van der Waals surface area contributed by atoms with Crippen molar-refractivity contribution in [2.24, 2.45) is 0 Å². The van der Waals surface area contributed by atoms with Crippen LogP contribution in [-0.4, -0.2) is 18.2 Å². The van der Waals surface area contributed by atoms with Crippen LogP contribution in [0.25, 0.3) is 0 Å². The van der Waals surface area contributed by atoms with Crippen LogP contribution in [0.2, 0.25) is 0 Å². The largest absolute Gasteiger partial charge is 0.398 e. The van der Waals surface area contributed by atoms with Crippen molar-refractivity contribution in [1.29, 1.82) is 0 Å². The number of nitrogens with two attached hydrogens (primary N) is 1. The highest BCUT2D eigenvalue weighted by molar-refractivity contribution is 8.00. The summed E-state index contributed by atoms with van der Waals surface area (Å²) in [6.07, 6.45) is 0. The van der Waals surface area contributed by atoms with E-state index in [2.05, 4.69) is 0 Å². The lowest BCUT2D eigenvalue weighted by Gasteiger charge is -2.21. The first-order valence-corrected chi connectivity index (χ1v) is 7.94. The van der Waals surface area contributed by atoms with Crippen molar-refractivity contribution in [1.82, 2.24) is 0 Å². The molecule has 1 amide bonds. The predicted octanol–water partition coefficient (Wildman–Crippen LogP) is 3.72. The van der Waals surface area contributed by atoms with E-state index in [-0.39, 0.29) is 5.91 Å². The van der Waals surface area contributed by atoms with E-state index in [0.29, 0.717) is 18.0 Å². The SMILES string of the molecule is CCN(C(=O)CSc1ccccc1N)c1cccc(C)c1. The molecule has 0 aliphatic carbocycles. The van der Waals surface area contributed by atoms with Gasteiger partial charge < -0.3 is 10.6 Å². The normalized spacial score (nSPS) is 10.4. The second kappa shape index (κ2) is 7.18. The number of nitrogen functional groups attached to an aromatic ring is 1. The Labute approximate surface area is 130 Å². The summed E-state index contributed by atoms with van der Waals surface area (Å²) in [6.45, 7) is 4.68. The first-order valence-electron chi connectivity index (χ1n) is 6.96. The van der Waals surface area contributed by atoms with Crippen molar-refractivity contribution in [3.63, 3.8) is 0 Å². The van der Waals surface area contributed by atoms with Crippen molar-refractivity contribution < 1.29 is 4.79 Å². The number of aryl methyl sites for hydroxylation is 1. The number of amides is 1. The lowest BCUT2D eigenvalue weighted by molar-refractivity contribution is -0.116. The fourth-order valence-corrected chi connectivity index (χ4v) is 2.97. The third-order valence-electron chi connectivity index (χ3n) is 3.20. The van der Waals surface area contributed by atoms with Gasteiger partial charge in [0, 0.05) is 22.8 Å². The van der Waals surface area contributed by atoms with Crippen LogP contribution in [0.3, 0.4) is 0 Å². The maximum Gasteiger partial charge on any atom is 0.237 e. The Bertz CT molecular complexity index is 628. The molecule has 0 aliphatic rings. The number of carbonyl (C=O) groups is 1. The van der Waals surface area contributed by atoms with Gasteiger partial charge in [0.25, 0.3) is 0 Å². The molecule has 2 N–H and O–H groups in total. The minimum Gasteiger partial charge on any atom is -0.398 e. The zero-order valence-electron chi connectivity index (χ0n) is 12.4. The van der Waals surface area contributed by atoms with Crippen molar-refractivity contribution in [3.05, 3.63) is 54.1 Å². The Kier molecular flexibility index (Phi) is 5.28. The number of hydrogen-bond donors (Lipinski definition) is 1. The van der Waals surface area contributed by atoms with Gasteiger partial charge in [-0.2, -0.15) is 0 Å². The van der Waals surface area contributed by atoms with Gasteiger partial charge in [0.05, 0.1) is 5.75 Å². The summed E-state index contributed by atoms with van der Waals surface area (Å²) in [7, 11) is 0. The van der Waals surface area contributed by atoms with Crippen LogP contribution in [0.1, 0.15) is 12.5 Å². The summed E-state index contributed by atoms with van der Waals surface area (Å²) in [4.78, 5) is 15.2. The highest BCUT2D eigenvalue weighted by Crippen LogP contribution is 2.25. The van der Waals surface area contributed by atoms with Crippen LogP contribution < -0.4 is 10.6 Å². The van der Waals surface area contributed by atoms with Gasteiger partial charge in [0.2, 0.25) is 5.91 Å². The Morgan fingerprint density at radius 3 is 2.62 bits per heavy atom. The molecule has 0 saturated carbocycles. The van der Waals surface area contributed by atoms with Crippen molar-refractivity contribution in [3.8, 4) is 0 Å². The Hall–Kier alpha value is -1.94. The molecule has 0 heterocycles. The molecule has 0 radical (unpaired) electrons. The minimum atomic E-state index is 0.0938. The summed E-state index contributed by atoms with van der Waals surface area (Å²) in [6, 6.07) is 15.6.